The fraction of sp³-hybridized carbons (Fsp3) is 0.387. The van der Waals surface area contributed by atoms with Gasteiger partial charge in [0.2, 0.25) is 0 Å². The van der Waals surface area contributed by atoms with Gasteiger partial charge in [0.15, 0.2) is 10.9 Å². The van der Waals surface area contributed by atoms with Crippen molar-refractivity contribution in [3.05, 3.63) is 145 Å². The minimum absolute atomic E-state index is 0.117. The molecule has 6 nitrogen and oxygen atoms in total. The number of hydrogen-bond acceptors (Lipinski definition) is 8. The largest absolute Gasteiger partial charge is 0.289 e. The highest BCUT2D eigenvalue weighted by Crippen LogP contribution is 2.57. The van der Waals surface area contributed by atoms with Crippen LogP contribution >= 0.6 is 45.3 Å². The zero-order valence-corrected chi connectivity index (χ0v) is 45.3. The van der Waals surface area contributed by atoms with E-state index in [1.165, 1.54) is 109 Å². The molecule has 8 aromatic rings. The first-order chi connectivity index (χ1) is 35.2. The Bertz CT molecular complexity index is 3420. The number of nitrogens with zero attached hydrogens (tertiary/aromatic N) is 4. The van der Waals surface area contributed by atoms with Gasteiger partial charge in [-0.3, -0.25) is 9.59 Å². The van der Waals surface area contributed by atoms with E-state index in [1.807, 2.05) is 12.1 Å². The van der Waals surface area contributed by atoms with E-state index in [9.17, 15) is 20.1 Å². The van der Waals surface area contributed by atoms with Gasteiger partial charge in [0.05, 0.1) is 25.3 Å². The summed E-state index contributed by atoms with van der Waals surface area (Å²) >= 11 is 6.98. The Morgan fingerprint density at radius 3 is 1.08 bits per heavy atom. The zero-order chi connectivity index (χ0) is 50.5. The van der Waals surface area contributed by atoms with E-state index in [4.69, 9.17) is 13.1 Å². The minimum Gasteiger partial charge on any atom is -0.289 e. The van der Waals surface area contributed by atoms with Gasteiger partial charge in [0.25, 0.3) is 11.4 Å². The number of unbranched alkanes of at least 4 members (excludes halogenated alkanes) is 12. The van der Waals surface area contributed by atoms with E-state index < -0.39 is 0 Å². The van der Waals surface area contributed by atoms with E-state index in [0.717, 1.165) is 135 Å². The quantitative estimate of drug-likeness (QED) is 0.0432. The van der Waals surface area contributed by atoms with Crippen LogP contribution in [0.3, 0.4) is 0 Å². The van der Waals surface area contributed by atoms with Crippen LogP contribution in [0, 0.1) is 35.8 Å². The molecule has 0 bridgehead atoms. The summed E-state index contributed by atoms with van der Waals surface area (Å²) < 4.78 is 2.14. The predicted octanol–water partition coefficient (Wildman–Crippen LogP) is 18.7. The summed E-state index contributed by atoms with van der Waals surface area (Å²) in [5.74, 6) is 0. The SMILES string of the molecule is CCCCCCc1cc2c(=O)c3cc4c(cc3c2s1)c(=O)c1cc(CCCCCC)sc14.[C-]#[N+]/C(C#N)=C1/c2cc3c(cc2-c2sc(CCCCCC)cc21)/C(=C(/C#N)[N+]#[C-])c1cc(CCCCCC)sc1-3. The minimum atomic E-state index is 0.117. The van der Waals surface area contributed by atoms with E-state index in [-0.39, 0.29) is 22.3 Å². The molecular weight excluding hydrogens is 961 g/mol. The third kappa shape index (κ3) is 9.69. The number of allylic oxidation sites excluding steroid dienone is 2. The summed E-state index contributed by atoms with van der Waals surface area (Å²) in [6.07, 6.45) is 23.4. The maximum Gasteiger partial charge on any atom is 0.270 e. The van der Waals surface area contributed by atoms with E-state index in [0.29, 0.717) is 0 Å². The Labute approximate surface area is 439 Å². The lowest BCUT2D eigenvalue weighted by Gasteiger charge is -2.10. The number of nitriles is 2. The molecule has 72 heavy (non-hydrogen) atoms. The van der Waals surface area contributed by atoms with Gasteiger partial charge in [0, 0.05) is 82.1 Å². The van der Waals surface area contributed by atoms with Gasteiger partial charge in [-0.15, -0.1) is 45.3 Å². The van der Waals surface area contributed by atoms with Crippen molar-refractivity contribution in [3.8, 4) is 33.0 Å². The molecule has 2 aliphatic carbocycles. The van der Waals surface area contributed by atoms with Crippen molar-refractivity contribution in [1.82, 2.24) is 0 Å². The van der Waals surface area contributed by atoms with Gasteiger partial charge in [-0.05, 0) is 133 Å². The van der Waals surface area contributed by atoms with Crippen LogP contribution < -0.4 is 10.9 Å². The molecule has 4 aromatic heterocycles. The third-order valence-corrected chi connectivity index (χ3v) is 19.4. The van der Waals surface area contributed by atoms with Crippen molar-refractivity contribution in [1.29, 1.82) is 10.5 Å². The molecular formula is C62H60N4O2S4. The first-order valence-corrected chi connectivity index (χ1v) is 29.5. The molecule has 0 aliphatic heterocycles. The lowest BCUT2D eigenvalue weighted by atomic mass is 9.95. The van der Waals surface area contributed by atoms with Crippen molar-refractivity contribution in [2.24, 2.45) is 0 Å². The number of thiophene rings is 4. The molecule has 10 heteroatoms. The van der Waals surface area contributed by atoms with Crippen LogP contribution in [0.2, 0.25) is 0 Å². The van der Waals surface area contributed by atoms with E-state index >= 15 is 0 Å². The average Bonchev–Trinajstić information content (AvgIpc) is 4.29. The number of benzene rings is 2. The van der Waals surface area contributed by atoms with Crippen molar-refractivity contribution in [2.75, 3.05) is 0 Å². The number of aryl methyl sites for hydroxylation is 4. The smallest absolute Gasteiger partial charge is 0.270 e. The maximum atomic E-state index is 13.2. The van der Waals surface area contributed by atoms with Crippen LogP contribution in [-0.2, 0) is 25.7 Å². The number of rotatable bonds is 20. The molecule has 10 rings (SSSR count). The Balaban J connectivity index is 0.000000182. The lowest BCUT2D eigenvalue weighted by Crippen LogP contribution is -1.95. The Morgan fingerprint density at radius 2 is 0.764 bits per heavy atom. The number of hydrogen-bond donors (Lipinski definition) is 0. The summed E-state index contributed by atoms with van der Waals surface area (Å²) in [6.45, 7) is 24.4. The fourth-order valence-electron chi connectivity index (χ4n) is 10.8. The average molecular weight is 1020 g/mol. The summed E-state index contributed by atoms with van der Waals surface area (Å²) in [4.78, 5) is 41.0. The monoisotopic (exact) mass is 1020 g/mol. The molecule has 0 radical (unpaired) electrons. The van der Waals surface area contributed by atoms with Crippen molar-refractivity contribution >= 4 is 98.2 Å². The van der Waals surface area contributed by atoms with Crippen LogP contribution in [0.25, 0.3) is 83.4 Å². The highest BCUT2D eigenvalue weighted by molar-refractivity contribution is 7.20. The van der Waals surface area contributed by atoms with Crippen LogP contribution in [0.5, 0.6) is 0 Å². The van der Waals surface area contributed by atoms with Gasteiger partial charge < -0.3 is 0 Å². The highest BCUT2D eigenvalue weighted by atomic mass is 32.1. The van der Waals surface area contributed by atoms with Crippen molar-refractivity contribution in [2.45, 2.75) is 156 Å². The first kappa shape index (κ1) is 50.9. The van der Waals surface area contributed by atoms with Gasteiger partial charge in [-0.2, -0.15) is 0 Å². The maximum absolute atomic E-state index is 13.2. The van der Waals surface area contributed by atoms with Gasteiger partial charge in [-0.1, -0.05) is 105 Å². The van der Waals surface area contributed by atoms with E-state index in [2.05, 4.69) is 85.9 Å². The Morgan fingerprint density at radius 1 is 0.417 bits per heavy atom. The molecule has 2 aliphatic rings. The summed E-state index contributed by atoms with van der Waals surface area (Å²) in [5.41, 5.74) is 7.72. The van der Waals surface area contributed by atoms with Crippen LogP contribution in [0.15, 0.2) is 69.5 Å². The molecule has 4 heterocycles. The Kier molecular flexibility index (Phi) is 16.2. The summed E-state index contributed by atoms with van der Waals surface area (Å²) in [5, 5.41) is 25.0. The normalized spacial score (nSPS) is 13.7. The molecule has 364 valence electrons. The van der Waals surface area contributed by atoms with Crippen LogP contribution in [-0.4, -0.2) is 0 Å². The second-order valence-corrected chi connectivity index (χ2v) is 24.1. The lowest BCUT2D eigenvalue weighted by molar-refractivity contribution is 0.670. The van der Waals surface area contributed by atoms with Crippen LogP contribution in [0.1, 0.15) is 172 Å². The fourth-order valence-corrected chi connectivity index (χ4v) is 15.7. The molecule has 0 N–H and O–H groups in total. The summed E-state index contributed by atoms with van der Waals surface area (Å²) in [7, 11) is 0. The topological polar surface area (TPSA) is 90.4 Å². The van der Waals surface area contributed by atoms with Gasteiger partial charge in [-0.25, -0.2) is 20.2 Å². The van der Waals surface area contributed by atoms with E-state index in [1.54, 1.807) is 45.3 Å². The zero-order valence-electron chi connectivity index (χ0n) is 42.0. The Hall–Kier alpha value is -5.98. The van der Waals surface area contributed by atoms with Crippen molar-refractivity contribution < 1.29 is 0 Å². The molecule has 0 atom stereocenters. The molecule has 4 aromatic carbocycles. The molecule has 0 saturated heterocycles. The van der Waals surface area contributed by atoms with Crippen LogP contribution in [0.4, 0.5) is 0 Å². The second-order valence-electron chi connectivity index (χ2n) is 19.5. The van der Waals surface area contributed by atoms with Gasteiger partial charge >= 0.3 is 0 Å². The molecule has 0 unspecified atom stereocenters. The highest BCUT2D eigenvalue weighted by Gasteiger charge is 2.36. The standard InChI is InChI=1S/C34H30N4S2.C28H30O2S2/c1-5-7-9-11-13-21-15-27-31(29(19-35)37-3)23-18-26-24(17-25(23)33(27)39-21)32(30(20-36)38-4)28-16-22(40-34(26)28)14-12-10-8-6-2;1-3-5-7-9-11-17-13-23-25(29)19-16-22-20(15-21(19)27(23)31-17)26(30)24-14-18(32-28(22)24)12-10-8-6-4-2/h15-18H,5-14H2,1-2H3;13-16H,3-12H2,1-2H3/b31-29-,32-30+;. The van der Waals surface area contributed by atoms with Gasteiger partial charge in [0.1, 0.15) is 0 Å². The molecule has 0 saturated carbocycles. The third-order valence-electron chi connectivity index (χ3n) is 14.5. The first-order valence-electron chi connectivity index (χ1n) is 26.2. The summed E-state index contributed by atoms with van der Waals surface area (Å²) in [6, 6.07) is 21.1. The predicted molar refractivity (Wildman–Crippen MR) is 308 cm³/mol. The second kappa shape index (κ2) is 22.8. The number of fused-ring (bicyclic) bond motifs is 12. The molecule has 0 spiro atoms. The molecule has 0 amide bonds. The molecule has 0 fully saturated rings. The van der Waals surface area contributed by atoms with Crippen molar-refractivity contribution in [3.63, 3.8) is 0 Å².